The number of thiophene rings is 1. The topological polar surface area (TPSA) is 25.8 Å². The lowest BCUT2D eigenvalue weighted by Gasteiger charge is -1.84. The van der Waals surface area contributed by atoms with Gasteiger partial charge in [-0.3, -0.25) is 9.97 Å². The van der Waals surface area contributed by atoms with E-state index in [-0.39, 0.29) is 0 Å². The molecule has 0 spiro atoms. The zero-order chi connectivity index (χ0) is 6.97. The van der Waals surface area contributed by atoms with E-state index in [9.17, 15) is 0 Å². The molecule has 2 heterocycles. The van der Waals surface area contributed by atoms with Gasteiger partial charge in [-0.1, -0.05) is 0 Å². The van der Waals surface area contributed by atoms with Crippen molar-refractivity contribution < 1.29 is 0 Å². The van der Waals surface area contributed by atoms with Gasteiger partial charge in [0.2, 0.25) is 0 Å². The van der Waals surface area contributed by atoms with Crippen molar-refractivity contribution in [3.8, 4) is 0 Å². The Bertz CT molecular complexity index is 357. The molecule has 2 rings (SSSR count). The average Bonchev–Trinajstić information content (AvgIpc) is 2.34. The summed E-state index contributed by atoms with van der Waals surface area (Å²) in [7, 11) is 0. The first-order valence-electron chi connectivity index (χ1n) is 2.71. The van der Waals surface area contributed by atoms with Crippen molar-refractivity contribution >= 4 is 38.3 Å². The molecular formula is C6H3BrN2S. The highest BCUT2D eigenvalue weighted by Crippen LogP contribution is 2.26. The summed E-state index contributed by atoms with van der Waals surface area (Å²) < 4.78 is 1.05. The Kier molecular flexibility index (Phi) is 1.43. The van der Waals surface area contributed by atoms with E-state index in [4.69, 9.17) is 0 Å². The van der Waals surface area contributed by atoms with Crippen LogP contribution in [0.4, 0.5) is 0 Å². The summed E-state index contributed by atoms with van der Waals surface area (Å²) in [6, 6.07) is 0. The molecule has 0 amide bonds. The predicted octanol–water partition coefficient (Wildman–Crippen LogP) is 2.45. The van der Waals surface area contributed by atoms with Crippen LogP contribution in [0.2, 0.25) is 0 Å². The molecule has 4 heteroatoms. The molecule has 0 saturated heterocycles. The number of fused-ring (bicyclic) bond motifs is 1. The monoisotopic (exact) mass is 214 g/mol. The van der Waals surface area contributed by atoms with Gasteiger partial charge < -0.3 is 0 Å². The van der Waals surface area contributed by atoms with E-state index >= 15 is 0 Å². The minimum absolute atomic E-state index is 0.951. The minimum Gasteiger partial charge on any atom is -0.252 e. The molecular weight excluding hydrogens is 212 g/mol. The van der Waals surface area contributed by atoms with Crippen LogP contribution in [0, 0.1) is 0 Å². The maximum Gasteiger partial charge on any atom is 0.114 e. The van der Waals surface area contributed by atoms with E-state index in [2.05, 4.69) is 25.9 Å². The Morgan fingerprint density at radius 2 is 2.10 bits per heavy atom. The van der Waals surface area contributed by atoms with Crippen molar-refractivity contribution in [2.24, 2.45) is 0 Å². The summed E-state index contributed by atoms with van der Waals surface area (Å²) in [5, 5.41) is 1.98. The van der Waals surface area contributed by atoms with E-state index in [1.54, 1.807) is 23.7 Å². The molecule has 0 atom stereocenters. The third-order valence-corrected chi connectivity index (χ3v) is 2.86. The molecule has 2 nitrogen and oxygen atoms in total. The van der Waals surface area contributed by atoms with Gasteiger partial charge in [-0.15, -0.1) is 11.3 Å². The molecule has 0 aliphatic heterocycles. The van der Waals surface area contributed by atoms with Crippen molar-refractivity contribution in [3.05, 3.63) is 21.6 Å². The first-order valence-corrected chi connectivity index (χ1v) is 4.39. The first kappa shape index (κ1) is 6.24. The van der Waals surface area contributed by atoms with Gasteiger partial charge in [0, 0.05) is 17.8 Å². The molecule has 0 radical (unpaired) electrons. The molecule has 10 heavy (non-hydrogen) atoms. The van der Waals surface area contributed by atoms with Crippen molar-refractivity contribution in [3.63, 3.8) is 0 Å². The fourth-order valence-electron chi connectivity index (χ4n) is 0.750. The normalized spacial score (nSPS) is 10.5. The molecule has 0 N–H and O–H groups in total. The van der Waals surface area contributed by atoms with Crippen LogP contribution in [0.3, 0.4) is 0 Å². The molecule has 0 aliphatic carbocycles. The highest BCUT2D eigenvalue weighted by atomic mass is 79.9. The maximum absolute atomic E-state index is 4.14. The van der Waals surface area contributed by atoms with Crippen LogP contribution in [0.1, 0.15) is 0 Å². The quantitative estimate of drug-likeness (QED) is 0.674. The summed E-state index contributed by atoms with van der Waals surface area (Å²) in [6.45, 7) is 0. The highest BCUT2D eigenvalue weighted by Gasteiger charge is 2.00. The van der Waals surface area contributed by atoms with Gasteiger partial charge in [0.15, 0.2) is 0 Å². The second-order valence-corrected chi connectivity index (χ2v) is 4.00. The Balaban J connectivity index is 2.93. The number of rotatable bonds is 0. The van der Waals surface area contributed by atoms with Crippen molar-refractivity contribution in [1.82, 2.24) is 9.97 Å². The van der Waals surface area contributed by atoms with Gasteiger partial charge in [-0.2, -0.15) is 0 Å². The number of aromatic nitrogens is 2. The zero-order valence-electron chi connectivity index (χ0n) is 4.91. The van der Waals surface area contributed by atoms with Gasteiger partial charge in [0.05, 0.1) is 3.79 Å². The Labute approximate surface area is 70.1 Å². The lowest BCUT2D eigenvalue weighted by Crippen LogP contribution is -1.74. The Morgan fingerprint density at radius 3 is 2.90 bits per heavy atom. The van der Waals surface area contributed by atoms with E-state index in [0.717, 1.165) is 14.8 Å². The minimum atomic E-state index is 0.951. The van der Waals surface area contributed by atoms with Gasteiger partial charge in [-0.05, 0) is 15.9 Å². The van der Waals surface area contributed by atoms with Crippen LogP contribution in [-0.4, -0.2) is 9.97 Å². The van der Waals surface area contributed by atoms with Gasteiger partial charge in [0.25, 0.3) is 0 Å². The van der Waals surface area contributed by atoms with E-state index in [1.807, 2.05) is 5.38 Å². The van der Waals surface area contributed by atoms with Gasteiger partial charge in [0.1, 0.15) is 11.0 Å². The molecule has 50 valence electrons. The van der Waals surface area contributed by atoms with Crippen LogP contribution in [0.15, 0.2) is 21.6 Å². The fourth-order valence-corrected chi connectivity index (χ4v) is 1.99. The molecule has 2 aromatic rings. The van der Waals surface area contributed by atoms with Crippen LogP contribution in [0.5, 0.6) is 0 Å². The van der Waals surface area contributed by atoms with E-state index in [1.165, 1.54) is 0 Å². The number of hydrogen-bond acceptors (Lipinski definition) is 3. The number of hydrogen-bond donors (Lipinski definition) is 0. The smallest absolute Gasteiger partial charge is 0.114 e. The summed E-state index contributed by atoms with van der Waals surface area (Å²) in [6.07, 6.45) is 3.39. The van der Waals surface area contributed by atoms with Crippen LogP contribution < -0.4 is 0 Å². The molecule has 0 aliphatic rings. The predicted molar refractivity (Wildman–Crippen MR) is 45.1 cm³/mol. The third-order valence-electron chi connectivity index (χ3n) is 1.19. The second-order valence-electron chi connectivity index (χ2n) is 1.80. The van der Waals surface area contributed by atoms with Crippen LogP contribution >= 0.6 is 27.3 Å². The molecule has 0 fully saturated rings. The summed E-state index contributed by atoms with van der Waals surface area (Å²) in [5.41, 5.74) is 1.91. The number of halogens is 1. The summed E-state index contributed by atoms with van der Waals surface area (Å²) in [5.74, 6) is 0. The Morgan fingerprint density at radius 1 is 1.30 bits per heavy atom. The van der Waals surface area contributed by atoms with Crippen molar-refractivity contribution in [2.75, 3.05) is 0 Å². The number of nitrogens with zero attached hydrogens (tertiary/aromatic N) is 2. The molecule has 0 saturated carbocycles. The SMILES string of the molecule is Brc1scc2nccnc12. The van der Waals surface area contributed by atoms with E-state index in [0.29, 0.717) is 0 Å². The van der Waals surface area contributed by atoms with E-state index < -0.39 is 0 Å². The lowest BCUT2D eigenvalue weighted by molar-refractivity contribution is 1.30. The molecule has 0 unspecified atom stereocenters. The van der Waals surface area contributed by atoms with Crippen molar-refractivity contribution in [1.29, 1.82) is 0 Å². The first-order chi connectivity index (χ1) is 4.88. The average molecular weight is 215 g/mol. The molecule has 2 aromatic heterocycles. The van der Waals surface area contributed by atoms with Crippen LogP contribution in [-0.2, 0) is 0 Å². The second kappa shape index (κ2) is 2.29. The molecule has 0 aromatic carbocycles. The fraction of sp³-hybridized carbons (Fsp3) is 0. The summed E-state index contributed by atoms with van der Waals surface area (Å²) in [4.78, 5) is 8.26. The highest BCUT2D eigenvalue weighted by molar-refractivity contribution is 9.11. The van der Waals surface area contributed by atoms with Gasteiger partial charge in [-0.25, -0.2) is 0 Å². The van der Waals surface area contributed by atoms with Gasteiger partial charge >= 0.3 is 0 Å². The van der Waals surface area contributed by atoms with Crippen molar-refractivity contribution in [2.45, 2.75) is 0 Å². The lowest BCUT2D eigenvalue weighted by atomic mass is 10.5. The molecule has 0 bridgehead atoms. The zero-order valence-corrected chi connectivity index (χ0v) is 7.32. The maximum atomic E-state index is 4.14. The van der Waals surface area contributed by atoms with Crippen LogP contribution in [0.25, 0.3) is 11.0 Å². The third kappa shape index (κ3) is 0.839. The Hall–Kier alpha value is -0.480. The largest absolute Gasteiger partial charge is 0.252 e. The standard InChI is InChI=1S/C6H3BrN2S/c7-6-5-4(3-10-6)8-1-2-9-5/h1-3H. The summed E-state index contributed by atoms with van der Waals surface area (Å²) >= 11 is 4.99.